The van der Waals surface area contributed by atoms with Gasteiger partial charge in [0.1, 0.15) is 0 Å². The zero-order valence-corrected chi connectivity index (χ0v) is 14.6. The van der Waals surface area contributed by atoms with Gasteiger partial charge in [-0.05, 0) is 61.6 Å². The van der Waals surface area contributed by atoms with Gasteiger partial charge in [0.05, 0.1) is 0 Å². The number of aromatic amines is 1. The van der Waals surface area contributed by atoms with E-state index >= 15 is 0 Å². The Hall–Kier alpha value is -2.46. The molecule has 1 aliphatic rings. The number of H-pyrrole nitrogens is 1. The van der Waals surface area contributed by atoms with Crippen LogP contribution in [0.1, 0.15) is 30.9 Å². The number of fused-ring (bicyclic) bond motifs is 2. The maximum Gasteiger partial charge on any atom is 0.231 e. The molecule has 1 aliphatic heterocycles. The van der Waals surface area contributed by atoms with Crippen LogP contribution in [0.3, 0.4) is 0 Å². The second-order valence-electron chi connectivity index (χ2n) is 6.49. The van der Waals surface area contributed by atoms with E-state index in [0.717, 1.165) is 49.3 Å². The van der Waals surface area contributed by atoms with Crippen molar-refractivity contribution in [2.75, 3.05) is 13.3 Å². The van der Waals surface area contributed by atoms with Crippen LogP contribution in [0.2, 0.25) is 0 Å². The molecule has 0 atom stereocenters. The molecule has 0 bridgehead atoms. The number of benzene rings is 2. The number of rotatable bonds is 6. The highest BCUT2D eigenvalue weighted by molar-refractivity contribution is 5.93. The quantitative estimate of drug-likeness (QED) is 0.656. The number of hydrogen-bond donors (Lipinski definition) is 2. The summed E-state index contributed by atoms with van der Waals surface area (Å²) in [7, 11) is 0. The van der Waals surface area contributed by atoms with E-state index < -0.39 is 0 Å². The minimum absolute atomic E-state index is 0.300. The fourth-order valence-electron chi connectivity index (χ4n) is 3.63. The molecule has 0 saturated heterocycles. The summed E-state index contributed by atoms with van der Waals surface area (Å²) in [6.07, 6.45) is 4.17. The highest BCUT2D eigenvalue weighted by Gasteiger charge is 2.18. The normalized spacial score (nSPS) is 12.9. The van der Waals surface area contributed by atoms with Crippen LogP contribution in [0.25, 0.3) is 22.2 Å². The number of nitrogens with two attached hydrogens (primary N) is 1. The molecular formula is C21H24N2O2. The van der Waals surface area contributed by atoms with Crippen molar-refractivity contribution in [2.45, 2.75) is 32.6 Å². The van der Waals surface area contributed by atoms with Crippen LogP contribution >= 0.6 is 0 Å². The number of para-hydroxylation sites is 1. The van der Waals surface area contributed by atoms with Crippen molar-refractivity contribution in [3.05, 3.63) is 47.5 Å². The minimum Gasteiger partial charge on any atom is -0.454 e. The average molecular weight is 336 g/mol. The monoisotopic (exact) mass is 336 g/mol. The van der Waals surface area contributed by atoms with Crippen molar-refractivity contribution in [3.63, 3.8) is 0 Å². The molecular weight excluding hydrogens is 312 g/mol. The fourth-order valence-corrected chi connectivity index (χ4v) is 3.63. The van der Waals surface area contributed by atoms with E-state index in [1.165, 1.54) is 27.7 Å². The lowest BCUT2D eigenvalue weighted by Gasteiger charge is -2.06. The van der Waals surface area contributed by atoms with Gasteiger partial charge in [-0.2, -0.15) is 0 Å². The summed E-state index contributed by atoms with van der Waals surface area (Å²) in [6.45, 7) is 3.24. The molecule has 3 N–H and O–H groups in total. The van der Waals surface area contributed by atoms with Gasteiger partial charge in [0, 0.05) is 22.2 Å². The molecule has 4 rings (SSSR count). The van der Waals surface area contributed by atoms with Gasteiger partial charge in [-0.15, -0.1) is 0 Å². The lowest BCUT2D eigenvalue weighted by molar-refractivity contribution is 0.174. The van der Waals surface area contributed by atoms with Gasteiger partial charge in [0.25, 0.3) is 0 Å². The van der Waals surface area contributed by atoms with Gasteiger partial charge < -0.3 is 20.2 Å². The first-order valence-corrected chi connectivity index (χ1v) is 9.04. The molecule has 0 amide bonds. The number of aryl methyl sites for hydroxylation is 2. The van der Waals surface area contributed by atoms with Gasteiger partial charge in [-0.3, -0.25) is 0 Å². The van der Waals surface area contributed by atoms with Gasteiger partial charge in [-0.25, -0.2) is 0 Å². The Morgan fingerprint density at radius 1 is 1.08 bits per heavy atom. The molecule has 4 heteroatoms. The van der Waals surface area contributed by atoms with E-state index in [-0.39, 0.29) is 0 Å². The minimum atomic E-state index is 0.300. The average Bonchev–Trinajstić information content (AvgIpc) is 3.25. The Morgan fingerprint density at radius 3 is 2.80 bits per heavy atom. The first kappa shape index (κ1) is 16.0. The maximum absolute atomic E-state index is 5.70. The van der Waals surface area contributed by atoms with Gasteiger partial charge in [0.2, 0.25) is 6.79 Å². The molecule has 0 fully saturated rings. The Bertz CT molecular complexity index is 898. The largest absolute Gasteiger partial charge is 0.454 e. The summed E-state index contributed by atoms with van der Waals surface area (Å²) in [6, 6.07) is 12.8. The first-order chi connectivity index (χ1) is 12.3. The molecule has 130 valence electrons. The van der Waals surface area contributed by atoms with Crippen molar-refractivity contribution >= 4 is 10.9 Å². The SMILES string of the molecule is CCc1cccc2c(CCCCN)c(-c3ccc4c(c3)OCO4)[nH]c12. The lowest BCUT2D eigenvalue weighted by Crippen LogP contribution is -1.99. The molecule has 2 aromatic carbocycles. The molecule has 0 radical (unpaired) electrons. The van der Waals surface area contributed by atoms with Crippen molar-refractivity contribution in [1.29, 1.82) is 0 Å². The summed E-state index contributed by atoms with van der Waals surface area (Å²) in [4.78, 5) is 3.69. The number of unbranched alkanes of at least 4 members (excludes halogenated alkanes) is 1. The van der Waals surface area contributed by atoms with Gasteiger partial charge in [-0.1, -0.05) is 25.1 Å². The van der Waals surface area contributed by atoms with E-state index in [2.05, 4.69) is 42.2 Å². The highest BCUT2D eigenvalue weighted by Crippen LogP contribution is 2.39. The third-order valence-corrected chi connectivity index (χ3v) is 4.95. The van der Waals surface area contributed by atoms with Crippen LogP contribution in [0.5, 0.6) is 11.5 Å². The molecule has 0 unspecified atom stereocenters. The zero-order chi connectivity index (χ0) is 17.2. The second-order valence-corrected chi connectivity index (χ2v) is 6.49. The van der Waals surface area contributed by atoms with Crippen molar-refractivity contribution in [3.8, 4) is 22.8 Å². The molecule has 1 aromatic heterocycles. The van der Waals surface area contributed by atoms with Gasteiger partial charge in [0.15, 0.2) is 11.5 Å². The Labute approximate surface area is 147 Å². The first-order valence-electron chi connectivity index (χ1n) is 9.04. The predicted molar refractivity (Wildman–Crippen MR) is 101 cm³/mol. The standard InChI is InChI=1S/C21H24N2O2/c1-2-14-6-5-8-17-16(7-3-4-11-22)21(23-20(14)17)15-9-10-18-19(12-15)25-13-24-18/h5-6,8-10,12,23H,2-4,7,11,13,22H2,1H3. The lowest BCUT2D eigenvalue weighted by atomic mass is 9.99. The van der Waals surface area contributed by atoms with Crippen molar-refractivity contribution in [2.24, 2.45) is 5.73 Å². The van der Waals surface area contributed by atoms with Crippen LogP contribution in [0.15, 0.2) is 36.4 Å². The van der Waals surface area contributed by atoms with Crippen LogP contribution < -0.4 is 15.2 Å². The topological polar surface area (TPSA) is 60.3 Å². The summed E-state index contributed by atoms with van der Waals surface area (Å²) < 4.78 is 11.0. The van der Waals surface area contributed by atoms with Crippen LogP contribution in [0.4, 0.5) is 0 Å². The van der Waals surface area contributed by atoms with Crippen molar-refractivity contribution < 1.29 is 9.47 Å². The van der Waals surface area contributed by atoms with E-state index in [1.807, 2.05) is 6.07 Å². The second kappa shape index (κ2) is 6.81. The third kappa shape index (κ3) is 2.87. The van der Waals surface area contributed by atoms with Crippen LogP contribution in [-0.2, 0) is 12.8 Å². The highest BCUT2D eigenvalue weighted by atomic mass is 16.7. The van der Waals surface area contributed by atoms with Gasteiger partial charge >= 0.3 is 0 Å². The molecule has 0 spiro atoms. The Balaban J connectivity index is 1.85. The zero-order valence-electron chi connectivity index (χ0n) is 14.6. The predicted octanol–water partition coefficient (Wildman–Crippen LogP) is 4.41. The maximum atomic E-state index is 5.70. The Kier molecular flexibility index (Phi) is 4.36. The Morgan fingerprint density at radius 2 is 1.96 bits per heavy atom. The number of nitrogens with one attached hydrogen (secondary N) is 1. The van der Waals surface area contributed by atoms with E-state index in [4.69, 9.17) is 15.2 Å². The smallest absolute Gasteiger partial charge is 0.231 e. The molecule has 3 aromatic rings. The summed E-state index contributed by atoms with van der Waals surface area (Å²) >= 11 is 0. The molecule has 4 nitrogen and oxygen atoms in total. The molecule has 0 saturated carbocycles. The third-order valence-electron chi connectivity index (χ3n) is 4.95. The number of aromatic nitrogens is 1. The number of ether oxygens (including phenoxy) is 2. The van der Waals surface area contributed by atoms with E-state index in [0.29, 0.717) is 6.79 Å². The van der Waals surface area contributed by atoms with Crippen LogP contribution in [-0.4, -0.2) is 18.3 Å². The molecule has 2 heterocycles. The number of hydrogen-bond acceptors (Lipinski definition) is 3. The molecule has 0 aliphatic carbocycles. The van der Waals surface area contributed by atoms with Crippen LogP contribution in [0, 0.1) is 0 Å². The fraction of sp³-hybridized carbons (Fsp3) is 0.333. The molecule has 25 heavy (non-hydrogen) atoms. The van der Waals surface area contributed by atoms with Crippen molar-refractivity contribution in [1.82, 2.24) is 4.98 Å². The summed E-state index contributed by atoms with van der Waals surface area (Å²) in [5, 5.41) is 1.32. The van der Waals surface area contributed by atoms with E-state index in [1.54, 1.807) is 0 Å². The summed E-state index contributed by atoms with van der Waals surface area (Å²) in [5.74, 6) is 1.64. The summed E-state index contributed by atoms with van der Waals surface area (Å²) in [5.41, 5.74) is 12.0. The van der Waals surface area contributed by atoms with E-state index in [9.17, 15) is 0 Å².